The summed E-state index contributed by atoms with van der Waals surface area (Å²) >= 11 is 0. The number of aromatic amines is 1. The predicted octanol–water partition coefficient (Wildman–Crippen LogP) is 4.11. The lowest BCUT2D eigenvalue weighted by atomic mass is 9.81. The van der Waals surface area contributed by atoms with Crippen LogP contribution in [0.25, 0.3) is 10.9 Å². The van der Waals surface area contributed by atoms with E-state index >= 15 is 0 Å². The van der Waals surface area contributed by atoms with Gasteiger partial charge in [0.2, 0.25) is 0 Å². The van der Waals surface area contributed by atoms with Crippen molar-refractivity contribution in [3.05, 3.63) is 41.1 Å². The van der Waals surface area contributed by atoms with Crippen molar-refractivity contribution in [3.63, 3.8) is 0 Å². The van der Waals surface area contributed by atoms with Crippen LogP contribution in [-0.4, -0.2) is 18.6 Å². The van der Waals surface area contributed by atoms with E-state index in [1.54, 1.807) is 12.7 Å². The summed E-state index contributed by atoms with van der Waals surface area (Å²) in [6.07, 6.45) is 7.25. The maximum Gasteiger partial charge on any atom is 0.119 e. The fourth-order valence-corrected chi connectivity index (χ4v) is 4.05. The van der Waals surface area contributed by atoms with Crippen molar-refractivity contribution in [2.75, 3.05) is 13.7 Å². The van der Waals surface area contributed by atoms with Crippen molar-refractivity contribution >= 4 is 10.9 Å². The Morgan fingerprint density at radius 2 is 2.14 bits per heavy atom. The molecule has 1 aromatic carbocycles. The fourth-order valence-electron chi connectivity index (χ4n) is 4.05. The van der Waals surface area contributed by atoms with E-state index in [0.717, 1.165) is 18.7 Å². The van der Waals surface area contributed by atoms with Crippen LogP contribution in [0.3, 0.4) is 0 Å². The van der Waals surface area contributed by atoms with Crippen molar-refractivity contribution in [1.29, 1.82) is 0 Å². The zero-order chi connectivity index (χ0) is 15.1. The number of hydrogen-bond acceptors (Lipinski definition) is 2. The number of H-pyrrole nitrogens is 1. The smallest absolute Gasteiger partial charge is 0.119 e. The van der Waals surface area contributed by atoms with Gasteiger partial charge in [0, 0.05) is 16.6 Å². The van der Waals surface area contributed by atoms with Gasteiger partial charge in [-0.1, -0.05) is 11.6 Å². The highest BCUT2D eigenvalue weighted by Gasteiger charge is 2.30. The number of methoxy groups -OCH3 is 1. The van der Waals surface area contributed by atoms with E-state index in [-0.39, 0.29) is 0 Å². The summed E-state index contributed by atoms with van der Waals surface area (Å²) in [5.41, 5.74) is 5.69. The SMILES string of the molecule is COc1ccc2[nH]c3c(c2c1)CCN[C@H]3[C@H]1CC=C(C)CC1. The lowest BCUT2D eigenvalue weighted by molar-refractivity contribution is 0.317. The lowest BCUT2D eigenvalue weighted by Crippen LogP contribution is -2.35. The first-order valence-electron chi connectivity index (χ1n) is 8.34. The van der Waals surface area contributed by atoms with Gasteiger partial charge in [-0.3, -0.25) is 0 Å². The van der Waals surface area contributed by atoms with Crippen LogP contribution >= 0.6 is 0 Å². The van der Waals surface area contributed by atoms with E-state index in [4.69, 9.17) is 4.74 Å². The third-order valence-electron chi connectivity index (χ3n) is 5.35. The third kappa shape index (κ3) is 2.24. The molecule has 0 unspecified atom stereocenters. The molecule has 4 rings (SSSR count). The molecule has 0 bridgehead atoms. The Morgan fingerprint density at radius 3 is 2.91 bits per heavy atom. The number of ether oxygens (including phenoxy) is 1. The molecule has 22 heavy (non-hydrogen) atoms. The maximum absolute atomic E-state index is 5.40. The molecule has 116 valence electrons. The Hall–Kier alpha value is -1.74. The summed E-state index contributed by atoms with van der Waals surface area (Å²) in [5, 5.41) is 5.09. The zero-order valence-electron chi connectivity index (χ0n) is 13.4. The van der Waals surface area contributed by atoms with Gasteiger partial charge in [-0.05, 0) is 68.8 Å². The summed E-state index contributed by atoms with van der Waals surface area (Å²) in [6, 6.07) is 6.83. The van der Waals surface area contributed by atoms with Gasteiger partial charge >= 0.3 is 0 Å². The number of aromatic nitrogens is 1. The number of hydrogen-bond donors (Lipinski definition) is 2. The Balaban J connectivity index is 1.75. The summed E-state index contributed by atoms with van der Waals surface area (Å²) in [7, 11) is 1.74. The van der Waals surface area contributed by atoms with Crippen molar-refractivity contribution in [1.82, 2.24) is 10.3 Å². The largest absolute Gasteiger partial charge is 0.497 e. The van der Waals surface area contributed by atoms with E-state index in [1.165, 1.54) is 41.4 Å². The first-order chi connectivity index (χ1) is 10.8. The minimum Gasteiger partial charge on any atom is -0.497 e. The Morgan fingerprint density at radius 1 is 1.23 bits per heavy atom. The second-order valence-corrected chi connectivity index (χ2v) is 6.70. The fraction of sp³-hybridized carbons (Fsp3) is 0.474. The minimum atomic E-state index is 0.464. The van der Waals surface area contributed by atoms with Gasteiger partial charge in [0.1, 0.15) is 5.75 Å². The average molecular weight is 296 g/mol. The number of benzene rings is 1. The molecule has 0 saturated carbocycles. The Labute approximate surface area is 131 Å². The van der Waals surface area contributed by atoms with E-state index in [9.17, 15) is 0 Å². The molecule has 2 aliphatic rings. The van der Waals surface area contributed by atoms with Crippen molar-refractivity contribution in [2.45, 2.75) is 38.6 Å². The molecule has 2 heterocycles. The molecular formula is C19H24N2O. The quantitative estimate of drug-likeness (QED) is 0.818. The zero-order valence-corrected chi connectivity index (χ0v) is 13.4. The van der Waals surface area contributed by atoms with Crippen molar-refractivity contribution in [3.8, 4) is 5.75 Å². The second-order valence-electron chi connectivity index (χ2n) is 6.70. The number of nitrogens with one attached hydrogen (secondary N) is 2. The molecular weight excluding hydrogens is 272 g/mol. The second kappa shape index (κ2) is 5.47. The van der Waals surface area contributed by atoms with Crippen LogP contribution in [0, 0.1) is 5.92 Å². The van der Waals surface area contributed by atoms with Gasteiger partial charge in [0.25, 0.3) is 0 Å². The van der Waals surface area contributed by atoms with E-state index in [1.807, 2.05) is 6.07 Å². The number of allylic oxidation sites excluding steroid dienone is 2. The van der Waals surface area contributed by atoms with Gasteiger partial charge < -0.3 is 15.0 Å². The van der Waals surface area contributed by atoms with Gasteiger partial charge in [0.15, 0.2) is 0 Å². The molecule has 0 amide bonds. The highest BCUT2D eigenvalue weighted by molar-refractivity contribution is 5.86. The molecule has 3 heteroatoms. The highest BCUT2D eigenvalue weighted by atomic mass is 16.5. The molecule has 1 aromatic heterocycles. The molecule has 3 nitrogen and oxygen atoms in total. The van der Waals surface area contributed by atoms with Crippen LogP contribution in [0.2, 0.25) is 0 Å². The lowest BCUT2D eigenvalue weighted by Gasteiger charge is -2.33. The van der Waals surface area contributed by atoms with Gasteiger partial charge in [-0.25, -0.2) is 0 Å². The number of fused-ring (bicyclic) bond motifs is 3. The Kier molecular flexibility index (Phi) is 3.45. The normalized spacial score (nSPS) is 24.9. The first kappa shape index (κ1) is 13.9. The Bertz CT molecular complexity index is 728. The predicted molar refractivity (Wildman–Crippen MR) is 90.4 cm³/mol. The third-order valence-corrected chi connectivity index (χ3v) is 5.35. The highest BCUT2D eigenvalue weighted by Crippen LogP contribution is 2.39. The molecule has 0 fully saturated rings. The molecule has 2 atom stereocenters. The molecule has 0 saturated heterocycles. The van der Waals surface area contributed by atoms with Crippen LogP contribution < -0.4 is 10.1 Å². The van der Waals surface area contributed by atoms with E-state index in [2.05, 4.69) is 35.4 Å². The summed E-state index contributed by atoms with van der Waals surface area (Å²) in [6.45, 7) is 3.33. The van der Waals surface area contributed by atoms with Crippen molar-refractivity contribution in [2.24, 2.45) is 5.92 Å². The number of rotatable bonds is 2. The molecule has 1 aliphatic heterocycles. The van der Waals surface area contributed by atoms with Crippen LogP contribution in [0.1, 0.15) is 43.5 Å². The maximum atomic E-state index is 5.40. The van der Waals surface area contributed by atoms with Gasteiger partial charge in [-0.2, -0.15) is 0 Å². The summed E-state index contributed by atoms with van der Waals surface area (Å²) in [4.78, 5) is 3.69. The first-order valence-corrected chi connectivity index (χ1v) is 8.34. The van der Waals surface area contributed by atoms with Crippen molar-refractivity contribution < 1.29 is 4.74 Å². The molecule has 2 aromatic rings. The average Bonchev–Trinajstić information content (AvgIpc) is 2.93. The monoisotopic (exact) mass is 296 g/mol. The van der Waals surface area contributed by atoms with E-state index < -0.39 is 0 Å². The van der Waals surface area contributed by atoms with Crippen LogP contribution in [0.15, 0.2) is 29.8 Å². The summed E-state index contributed by atoms with van der Waals surface area (Å²) in [5.74, 6) is 1.65. The molecule has 2 N–H and O–H groups in total. The van der Waals surface area contributed by atoms with E-state index in [0.29, 0.717) is 12.0 Å². The summed E-state index contributed by atoms with van der Waals surface area (Å²) < 4.78 is 5.40. The van der Waals surface area contributed by atoms with Gasteiger partial charge in [-0.15, -0.1) is 0 Å². The minimum absolute atomic E-state index is 0.464. The molecule has 0 radical (unpaired) electrons. The van der Waals surface area contributed by atoms with Crippen LogP contribution in [-0.2, 0) is 6.42 Å². The topological polar surface area (TPSA) is 37.0 Å². The molecule has 0 spiro atoms. The van der Waals surface area contributed by atoms with Gasteiger partial charge in [0.05, 0.1) is 13.2 Å². The standard InChI is InChI=1S/C19H24N2O/c1-12-3-5-13(6-4-12)18-19-15(9-10-20-18)16-11-14(22-2)7-8-17(16)21-19/h3,7-8,11,13,18,20-21H,4-6,9-10H2,1-2H3/t13-,18-/m0/s1. The van der Waals surface area contributed by atoms with Crippen LogP contribution in [0.4, 0.5) is 0 Å². The molecule has 1 aliphatic carbocycles. The van der Waals surface area contributed by atoms with Crippen LogP contribution in [0.5, 0.6) is 5.75 Å².